The van der Waals surface area contributed by atoms with Gasteiger partial charge in [-0.05, 0) is 18.2 Å². The zero-order chi connectivity index (χ0) is 16.3. The summed E-state index contributed by atoms with van der Waals surface area (Å²) >= 11 is 0. The van der Waals surface area contributed by atoms with E-state index in [0.29, 0.717) is 0 Å². The number of anilines is 2. The van der Waals surface area contributed by atoms with Crippen molar-refractivity contribution in [3.63, 3.8) is 0 Å². The van der Waals surface area contributed by atoms with Crippen molar-refractivity contribution in [2.75, 3.05) is 4.90 Å². The molecular formula is C14H9FN4O3. The molecule has 0 saturated carbocycles. The van der Waals surface area contributed by atoms with Gasteiger partial charge in [0, 0.05) is 19.2 Å². The quantitative estimate of drug-likeness (QED) is 0.640. The van der Waals surface area contributed by atoms with Crippen LogP contribution in [0.15, 0.2) is 36.5 Å². The molecule has 2 rings (SSSR count). The molecule has 0 aliphatic carbocycles. The number of carbonyl (C=O) groups is 1. The molecule has 0 aliphatic rings. The molecule has 1 heterocycles. The Balaban J connectivity index is 2.59. The molecule has 110 valence electrons. The average molecular weight is 300 g/mol. The predicted octanol–water partition coefficient (Wildman–Crippen LogP) is 2.69. The van der Waals surface area contributed by atoms with E-state index in [1.54, 1.807) is 6.07 Å². The molecule has 0 radical (unpaired) electrons. The van der Waals surface area contributed by atoms with Crippen LogP contribution in [0, 0.1) is 27.3 Å². The Morgan fingerprint density at radius 1 is 1.41 bits per heavy atom. The van der Waals surface area contributed by atoms with E-state index in [9.17, 15) is 19.3 Å². The third-order valence-electron chi connectivity index (χ3n) is 2.75. The number of pyridine rings is 1. The van der Waals surface area contributed by atoms with Gasteiger partial charge in [-0.2, -0.15) is 5.26 Å². The molecule has 1 aromatic heterocycles. The van der Waals surface area contributed by atoms with Crippen LogP contribution < -0.4 is 4.90 Å². The maximum Gasteiger partial charge on any atom is 0.274 e. The number of carbonyl (C=O) groups excluding carboxylic acids is 1. The molecule has 8 heteroatoms. The van der Waals surface area contributed by atoms with Crippen LogP contribution in [-0.4, -0.2) is 15.8 Å². The second-order valence-corrected chi connectivity index (χ2v) is 4.29. The number of hydrogen-bond donors (Lipinski definition) is 0. The number of hydrogen-bond acceptors (Lipinski definition) is 5. The highest BCUT2D eigenvalue weighted by molar-refractivity contribution is 5.98. The Bertz CT molecular complexity index is 801. The molecular weight excluding hydrogens is 291 g/mol. The first kappa shape index (κ1) is 15.1. The van der Waals surface area contributed by atoms with Crippen LogP contribution >= 0.6 is 0 Å². The van der Waals surface area contributed by atoms with Gasteiger partial charge in [-0.1, -0.05) is 0 Å². The first-order chi connectivity index (χ1) is 10.4. The van der Waals surface area contributed by atoms with Gasteiger partial charge in [-0.15, -0.1) is 0 Å². The summed E-state index contributed by atoms with van der Waals surface area (Å²) in [5.74, 6) is -1.26. The molecule has 0 bridgehead atoms. The molecule has 0 saturated heterocycles. The van der Waals surface area contributed by atoms with Gasteiger partial charge >= 0.3 is 0 Å². The maximum atomic E-state index is 13.5. The van der Waals surface area contributed by atoms with Crippen molar-refractivity contribution in [3.8, 4) is 6.07 Å². The minimum absolute atomic E-state index is 0.0201. The minimum Gasteiger partial charge on any atom is -0.274 e. The van der Waals surface area contributed by atoms with Crippen molar-refractivity contribution >= 4 is 23.1 Å². The van der Waals surface area contributed by atoms with Gasteiger partial charge in [0.15, 0.2) is 0 Å². The molecule has 0 fully saturated rings. The highest BCUT2D eigenvalue weighted by Gasteiger charge is 2.19. The molecule has 0 spiro atoms. The van der Waals surface area contributed by atoms with Crippen molar-refractivity contribution < 1.29 is 14.1 Å². The summed E-state index contributed by atoms with van der Waals surface area (Å²) < 4.78 is 13.5. The highest BCUT2D eigenvalue weighted by Crippen LogP contribution is 2.28. The fraction of sp³-hybridized carbons (Fsp3) is 0.0714. The average Bonchev–Trinajstić information content (AvgIpc) is 2.46. The zero-order valence-electron chi connectivity index (χ0n) is 11.4. The summed E-state index contributed by atoms with van der Waals surface area (Å²) in [5.41, 5.74) is -0.170. The Morgan fingerprint density at radius 3 is 2.73 bits per heavy atom. The Labute approximate surface area is 124 Å². The van der Waals surface area contributed by atoms with E-state index in [1.165, 1.54) is 25.3 Å². The number of rotatable bonds is 3. The van der Waals surface area contributed by atoms with E-state index in [4.69, 9.17) is 5.26 Å². The second-order valence-electron chi connectivity index (χ2n) is 4.29. The van der Waals surface area contributed by atoms with Crippen LogP contribution in [0.5, 0.6) is 0 Å². The van der Waals surface area contributed by atoms with Crippen LogP contribution in [-0.2, 0) is 4.79 Å². The van der Waals surface area contributed by atoms with Gasteiger partial charge in [-0.25, -0.2) is 9.37 Å². The molecule has 0 atom stereocenters. The van der Waals surface area contributed by atoms with E-state index < -0.39 is 16.6 Å². The normalized spacial score (nSPS) is 9.86. The Hall–Kier alpha value is -3.34. The smallest absolute Gasteiger partial charge is 0.274 e. The van der Waals surface area contributed by atoms with E-state index in [2.05, 4.69) is 4.98 Å². The lowest BCUT2D eigenvalue weighted by Gasteiger charge is -2.20. The van der Waals surface area contributed by atoms with Crippen molar-refractivity contribution in [3.05, 3.63) is 58.0 Å². The van der Waals surface area contributed by atoms with Crippen LogP contribution in [0.4, 0.5) is 21.6 Å². The van der Waals surface area contributed by atoms with Crippen molar-refractivity contribution in [2.24, 2.45) is 0 Å². The summed E-state index contributed by atoms with van der Waals surface area (Å²) in [7, 11) is 0. The van der Waals surface area contributed by atoms with Crippen LogP contribution in [0.3, 0.4) is 0 Å². The van der Waals surface area contributed by atoms with E-state index in [-0.39, 0.29) is 22.8 Å². The first-order valence-electron chi connectivity index (χ1n) is 6.04. The van der Waals surface area contributed by atoms with Gasteiger partial charge in [0.25, 0.3) is 5.69 Å². The minimum atomic E-state index is -0.703. The van der Waals surface area contributed by atoms with Crippen LogP contribution in [0.1, 0.15) is 12.5 Å². The summed E-state index contributed by atoms with van der Waals surface area (Å²) in [6.07, 6.45) is 1.17. The molecule has 1 aromatic carbocycles. The largest absolute Gasteiger partial charge is 0.274 e. The molecule has 1 amide bonds. The summed E-state index contributed by atoms with van der Waals surface area (Å²) in [4.78, 5) is 26.9. The summed E-state index contributed by atoms with van der Waals surface area (Å²) in [5, 5.41) is 19.7. The number of nitrogens with zero attached hydrogens (tertiary/aromatic N) is 4. The van der Waals surface area contributed by atoms with Crippen molar-refractivity contribution in [1.29, 1.82) is 5.26 Å². The van der Waals surface area contributed by atoms with Gasteiger partial charge in [0.1, 0.15) is 11.6 Å². The number of nitriles is 1. The third-order valence-corrected chi connectivity index (χ3v) is 2.75. The monoisotopic (exact) mass is 300 g/mol. The lowest BCUT2D eigenvalue weighted by molar-refractivity contribution is -0.384. The lowest BCUT2D eigenvalue weighted by Crippen LogP contribution is -2.24. The van der Waals surface area contributed by atoms with Crippen molar-refractivity contribution in [2.45, 2.75) is 6.92 Å². The number of halogens is 1. The molecule has 0 unspecified atom stereocenters. The van der Waals surface area contributed by atoms with Gasteiger partial charge in [0.05, 0.1) is 28.3 Å². The fourth-order valence-electron chi connectivity index (χ4n) is 1.89. The maximum absolute atomic E-state index is 13.5. The molecule has 7 nitrogen and oxygen atoms in total. The van der Waals surface area contributed by atoms with Crippen LogP contribution in [0.25, 0.3) is 0 Å². The van der Waals surface area contributed by atoms with Gasteiger partial charge in [0.2, 0.25) is 5.91 Å². The SMILES string of the molecule is CC(=O)N(c1cc(F)cc(C#N)c1)c1cc([N+](=O)[O-])ccn1. The Kier molecular flexibility index (Phi) is 4.08. The zero-order valence-corrected chi connectivity index (χ0v) is 11.4. The molecule has 0 aliphatic heterocycles. The summed E-state index contributed by atoms with van der Waals surface area (Å²) in [6.45, 7) is 1.21. The third kappa shape index (κ3) is 3.04. The second kappa shape index (κ2) is 5.97. The van der Waals surface area contributed by atoms with E-state index >= 15 is 0 Å². The van der Waals surface area contributed by atoms with E-state index in [1.807, 2.05) is 0 Å². The Morgan fingerprint density at radius 2 is 2.14 bits per heavy atom. The lowest BCUT2D eigenvalue weighted by atomic mass is 10.2. The number of aromatic nitrogens is 1. The molecule has 0 N–H and O–H groups in total. The predicted molar refractivity (Wildman–Crippen MR) is 74.8 cm³/mol. The molecule has 22 heavy (non-hydrogen) atoms. The standard InChI is InChI=1S/C14H9FN4O3/c1-9(20)18(13-5-10(8-16)4-11(15)6-13)14-7-12(19(21)22)2-3-17-14/h2-7H,1H3. The van der Waals surface area contributed by atoms with Gasteiger partial charge in [-0.3, -0.25) is 19.8 Å². The first-order valence-corrected chi connectivity index (χ1v) is 6.04. The summed E-state index contributed by atoms with van der Waals surface area (Å²) in [6, 6.07) is 7.40. The number of amides is 1. The topological polar surface area (TPSA) is 100 Å². The number of benzene rings is 1. The molecule has 2 aromatic rings. The van der Waals surface area contributed by atoms with Crippen LogP contribution in [0.2, 0.25) is 0 Å². The highest BCUT2D eigenvalue weighted by atomic mass is 19.1. The van der Waals surface area contributed by atoms with Crippen molar-refractivity contribution in [1.82, 2.24) is 4.98 Å². The fourth-order valence-corrected chi connectivity index (χ4v) is 1.89. The van der Waals surface area contributed by atoms with Gasteiger partial charge < -0.3 is 0 Å². The van der Waals surface area contributed by atoms with E-state index in [0.717, 1.165) is 23.1 Å². The number of nitro groups is 1.